The molecule has 0 spiro atoms. The lowest BCUT2D eigenvalue weighted by Gasteiger charge is -2.15. The van der Waals surface area contributed by atoms with Crippen molar-refractivity contribution >= 4 is 46.5 Å². The van der Waals surface area contributed by atoms with E-state index in [9.17, 15) is 29.1 Å². The predicted octanol–water partition coefficient (Wildman–Crippen LogP) is -0.454. The number of carboxylic acids is 1. The lowest BCUT2D eigenvalue weighted by atomic mass is 10.1. The van der Waals surface area contributed by atoms with E-state index < -0.39 is 23.5 Å². The van der Waals surface area contributed by atoms with Crippen molar-refractivity contribution in [2.75, 3.05) is 50.6 Å². The highest BCUT2D eigenvalue weighted by molar-refractivity contribution is 5.97. The van der Waals surface area contributed by atoms with Crippen LogP contribution in [0.4, 0.5) is 11.6 Å². The molecule has 0 aliphatic heterocycles. The molecule has 0 unspecified atom stereocenters. The van der Waals surface area contributed by atoms with Crippen molar-refractivity contribution in [2.45, 2.75) is 38.8 Å². The molecule has 242 valence electrons. The van der Waals surface area contributed by atoms with Gasteiger partial charge >= 0.3 is 5.97 Å². The maximum absolute atomic E-state index is 12.7. The number of aromatic nitrogens is 4. The summed E-state index contributed by atoms with van der Waals surface area (Å²) in [5, 5.41) is 20.4. The van der Waals surface area contributed by atoms with Gasteiger partial charge in [-0.15, -0.1) is 0 Å². The first kappa shape index (κ1) is 34.3. The van der Waals surface area contributed by atoms with Gasteiger partial charge in [-0.1, -0.05) is 0 Å². The normalized spacial score (nSPS) is 11.5. The molecule has 0 aliphatic rings. The largest absolute Gasteiger partial charge is 0.480 e. The number of H-pyrrole nitrogens is 1. The van der Waals surface area contributed by atoms with Crippen LogP contribution in [0.3, 0.4) is 0 Å². The van der Waals surface area contributed by atoms with E-state index in [0.717, 1.165) is 0 Å². The lowest BCUT2D eigenvalue weighted by molar-refractivity contribution is -0.139. The van der Waals surface area contributed by atoms with E-state index in [1.807, 2.05) is 0 Å². The molecule has 1 atom stereocenters. The Hall–Kier alpha value is -5.16. The molecule has 17 heteroatoms. The van der Waals surface area contributed by atoms with Crippen LogP contribution in [-0.2, 0) is 30.4 Å². The maximum Gasteiger partial charge on any atom is 0.326 e. The minimum absolute atomic E-state index is 0.0537. The second-order valence-electron chi connectivity index (χ2n) is 9.73. The number of aliphatic carboxylic acids is 1. The number of hydrogen-bond donors (Lipinski definition) is 7. The minimum atomic E-state index is -1.26. The van der Waals surface area contributed by atoms with E-state index in [-0.39, 0.29) is 53.9 Å². The number of nitrogens with one attached hydrogen (secondary N) is 5. The summed E-state index contributed by atoms with van der Waals surface area (Å²) in [4.78, 5) is 74.0. The van der Waals surface area contributed by atoms with Crippen molar-refractivity contribution < 1.29 is 33.8 Å². The third-order valence-corrected chi connectivity index (χ3v) is 6.15. The van der Waals surface area contributed by atoms with E-state index >= 15 is 0 Å². The highest BCUT2D eigenvalue weighted by Crippen LogP contribution is 2.12. The Morgan fingerprint density at radius 3 is 2.44 bits per heavy atom. The van der Waals surface area contributed by atoms with E-state index in [0.29, 0.717) is 57.3 Å². The first-order chi connectivity index (χ1) is 21.6. The Morgan fingerprint density at radius 1 is 1.00 bits per heavy atom. The topological polar surface area (TPSA) is 253 Å². The van der Waals surface area contributed by atoms with E-state index in [1.165, 1.54) is 25.3 Å². The lowest BCUT2D eigenvalue weighted by Crippen LogP contribution is -2.41. The average molecular weight is 628 g/mol. The number of fused-ring (bicyclic) bond motifs is 1. The SMILES string of the molecule is CC(=O)NCCOCCOCCCNC(=O)CC[C@@H](NC(=O)c1ccc(NCc2cnc3nc(N)[nH]c(=O)c3n2)cc1)C(=O)O. The highest BCUT2D eigenvalue weighted by atomic mass is 16.5. The standard InChI is InChI=1S/C28H37N9O8/c1-17(38)30-10-12-45-14-13-44-11-2-9-31-22(39)8-7-21(27(42)43)35-25(40)18-3-5-19(6-4-18)32-15-20-16-33-24-23(34-20)26(41)37-28(29)36-24/h3-6,16,21,32H,2,7-15H2,1H3,(H,30,38)(H,31,39)(H,35,40)(H,42,43)(H3,29,33,36,37,41)/t21-/m1/s1. The number of anilines is 2. The molecule has 2 aromatic heterocycles. The van der Waals surface area contributed by atoms with Crippen LogP contribution in [0.25, 0.3) is 11.2 Å². The van der Waals surface area contributed by atoms with E-state index in [2.05, 4.69) is 41.2 Å². The number of hydrogen-bond acceptors (Lipinski definition) is 12. The smallest absolute Gasteiger partial charge is 0.326 e. The molecule has 3 aromatic rings. The number of carbonyl (C=O) groups is 4. The van der Waals surface area contributed by atoms with Gasteiger partial charge in [0.05, 0.1) is 38.3 Å². The number of nitrogens with two attached hydrogens (primary N) is 1. The molecular weight excluding hydrogens is 590 g/mol. The second-order valence-corrected chi connectivity index (χ2v) is 9.73. The quantitative estimate of drug-likeness (QED) is 0.0832. The number of carboxylic acid groups (broad SMARTS) is 1. The van der Waals surface area contributed by atoms with Gasteiger partial charge < -0.3 is 41.6 Å². The number of nitrogens with zero attached hydrogens (tertiary/aromatic N) is 3. The minimum Gasteiger partial charge on any atom is -0.480 e. The summed E-state index contributed by atoms with van der Waals surface area (Å²) in [6.07, 6.45) is 1.85. The van der Waals surface area contributed by atoms with Gasteiger partial charge in [-0.25, -0.2) is 14.8 Å². The Bertz CT molecular complexity index is 1510. The Labute approximate surface area is 257 Å². The molecule has 45 heavy (non-hydrogen) atoms. The molecule has 0 bridgehead atoms. The van der Waals surface area contributed by atoms with Crippen LogP contribution in [-0.4, -0.2) is 94.3 Å². The summed E-state index contributed by atoms with van der Waals surface area (Å²) < 4.78 is 10.7. The molecule has 1 aromatic carbocycles. The molecule has 17 nitrogen and oxygen atoms in total. The number of ether oxygens (including phenoxy) is 2. The van der Waals surface area contributed by atoms with Crippen LogP contribution >= 0.6 is 0 Å². The van der Waals surface area contributed by atoms with E-state index in [4.69, 9.17) is 15.2 Å². The van der Waals surface area contributed by atoms with Crippen LogP contribution in [0, 0.1) is 0 Å². The third-order valence-electron chi connectivity index (χ3n) is 6.15. The van der Waals surface area contributed by atoms with Gasteiger partial charge in [0, 0.05) is 44.3 Å². The first-order valence-corrected chi connectivity index (χ1v) is 14.2. The average Bonchev–Trinajstić information content (AvgIpc) is 3.00. The Kier molecular flexibility index (Phi) is 13.6. The third kappa shape index (κ3) is 12.2. The van der Waals surface area contributed by atoms with Gasteiger partial charge in [0.1, 0.15) is 6.04 Å². The van der Waals surface area contributed by atoms with Gasteiger partial charge in [0.2, 0.25) is 17.8 Å². The summed E-state index contributed by atoms with van der Waals surface area (Å²) in [7, 11) is 0. The monoisotopic (exact) mass is 627 g/mol. The van der Waals surface area contributed by atoms with Crippen molar-refractivity contribution in [1.82, 2.24) is 35.9 Å². The number of carbonyl (C=O) groups excluding carboxylic acids is 3. The molecule has 2 heterocycles. The van der Waals surface area contributed by atoms with Gasteiger partial charge in [-0.2, -0.15) is 4.98 Å². The van der Waals surface area contributed by atoms with Gasteiger partial charge in [0.25, 0.3) is 11.5 Å². The predicted molar refractivity (Wildman–Crippen MR) is 162 cm³/mol. The molecule has 0 fully saturated rings. The summed E-state index contributed by atoms with van der Waals surface area (Å²) in [6, 6.07) is 5.05. The fraction of sp³-hybridized carbons (Fsp3) is 0.429. The molecule has 8 N–H and O–H groups in total. The zero-order chi connectivity index (χ0) is 32.6. The molecule has 0 saturated carbocycles. The maximum atomic E-state index is 12.7. The molecule has 0 aliphatic carbocycles. The second kappa shape index (κ2) is 17.8. The number of nitrogen functional groups attached to an aromatic ring is 1. The molecule has 0 saturated heterocycles. The summed E-state index contributed by atoms with van der Waals surface area (Å²) in [5.74, 6) is -2.36. The molecule has 3 rings (SSSR count). The van der Waals surface area contributed by atoms with Crippen LogP contribution in [0.1, 0.15) is 42.2 Å². The van der Waals surface area contributed by atoms with Crippen molar-refractivity contribution in [3.05, 3.63) is 52.1 Å². The van der Waals surface area contributed by atoms with Crippen LogP contribution in [0.5, 0.6) is 0 Å². The number of amides is 3. The zero-order valence-electron chi connectivity index (χ0n) is 24.8. The van der Waals surface area contributed by atoms with Crippen LogP contribution in [0.15, 0.2) is 35.3 Å². The number of aromatic amines is 1. The Balaban J connectivity index is 1.34. The fourth-order valence-corrected chi connectivity index (χ4v) is 3.87. The van der Waals surface area contributed by atoms with Crippen molar-refractivity contribution in [1.29, 1.82) is 0 Å². The van der Waals surface area contributed by atoms with Gasteiger partial charge in [0.15, 0.2) is 11.2 Å². The first-order valence-electron chi connectivity index (χ1n) is 14.2. The van der Waals surface area contributed by atoms with Gasteiger partial charge in [-0.05, 0) is 37.1 Å². The Morgan fingerprint density at radius 2 is 1.73 bits per heavy atom. The number of rotatable bonds is 19. The van der Waals surface area contributed by atoms with Crippen LogP contribution in [0.2, 0.25) is 0 Å². The van der Waals surface area contributed by atoms with Crippen molar-refractivity contribution in [3.8, 4) is 0 Å². The highest BCUT2D eigenvalue weighted by Gasteiger charge is 2.21. The van der Waals surface area contributed by atoms with Crippen molar-refractivity contribution in [2.24, 2.45) is 0 Å². The fourth-order valence-electron chi connectivity index (χ4n) is 3.87. The zero-order valence-corrected chi connectivity index (χ0v) is 24.8. The van der Waals surface area contributed by atoms with Crippen LogP contribution < -0.4 is 32.6 Å². The van der Waals surface area contributed by atoms with Gasteiger partial charge in [-0.3, -0.25) is 24.2 Å². The summed E-state index contributed by atoms with van der Waals surface area (Å²) in [5.41, 5.74) is 6.55. The summed E-state index contributed by atoms with van der Waals surface area (Å²) in [6.45, 7) is 4.01. The number of benzene rings is 1. The molecule has 3 amide bonds. The van der Waals surface area contributed by atoms with E-state index in [1.54, 1.807) is 12.1 Å². The molecule has 0 radical (unpaired) electrons. The molecular formula is C28H37N9O8. The van der Waals surface area contributed by atoms with Crippen molar-refractivity contribution in [3.63, 3.8) is 0 Å². The summed E-state index contributed by atoms with van der Waals surface area (Å²) >= 11 is 0.